The first-order valence-corrected chi connectivity index (χ1v) is 3.39. The van der Waals surface area contributed by atoms with Gasteiger partial charge in [0.15, 0.2) is 0 Å². The second-order valence-corrected chi connectivity index (χ2v) is 2.02. The third-order valence-electron chi connectivity index (χ3n) is 0.661. The zero-order chi connectivity index (χ0) is 8.15. The average Bonchev–Trinajstić information content (AvgIpc) is 1.81. The molecule has 2 atom stereocenters. The van der Waals surface area contributed by atoms with Crippen LogP contribution in [0.4, 0.5) is 0 Å². The summed E-state index contributed by atoms with van der Waals surface area (Å²) in [6.45, 7) is 3.09. The molecule has 0 aromatic heterocycles. The minimum Gasteiger partial charge on any atom is -0.479 e. The van der Waals surface area contributed by atoms with Gasteiger partial charge in [0, 0.05) is 4.57 Å². The Bertz CT molecular complexity index is 165. The van der Waals surface area contributed by atoms with Gasteiger partial charge in [0.25, 0.3) is 0 Å². The van der Waals surface area contributed by atoms with Gasteiger partial charge in [0.1, 0.15) is 0 Å². The molecular weight excluding hydrogens is 159 g/mol. The molecule has 0 heterocycles. The summed E-state index contributed by atoms with van der Waals surface area (Å²) in [7, 11) is -2.88. The molecule has 2 N–H and O–H groups in total. The summed E-state index contributed by atoms with van der Waals surface area (Å²) in [5.74, 6) is -1.34. The van der Waals surface area contributed by atoms with E-state index in [0.29, 0.717) is 0 Å². The summed E-state index contributed by atoms with van der Waals surface area (Å²) >= 11 is 0. The Kier molecular flexibility index (Phi) is 3.79. The van der Waals surface area contributed by atoms with Crippen molar-refractivity contribution in [1.82, 2.24) is 0 Å². The topological polar surface area (TPSA) is 83.8 Å². The molecule has 56 valence electrons. The van der Waals surface area contributed by atoms with E-state index in [2.05, 4.69) is 11.1 Å². The number of carboxylic acids is 1. The van der Waals surface area contributed by atoms with Crippen LogP contribution in [-0.4, -0.2) is 22.1 Å². The normalized spacial score (nSPS) is 13.9. The molecule has 0 spiro atoms. The number of carbonyl (C=O) groups is 1. The van der Waals surface area contributed by atoms with Crippen LogP contribution in [0.25, 0.3) is 0 Å². The number of rotatable bonds is 4. The zero-order valence-electron chi connectivity index (χ0n) is 4.93. The number of hydrogen-bond acceptors (Lipinski definition) is 3. The maximum absolute atomic E-state index is 10.0. The van der Waals surface area contributed by atoms with Gasteiger partial charge in [0.2, 0.25) is 6.10 Å². The van der Waals surface area contributed by atoms with Gasteiger partial charge < -0.3 is 5.11 Å². The van der Waals surface area contributed by atoms with Crippen LogP contribution in [0.5, 0.6) is 0 Å². The van der Waals surface area contributed by atoms with Gasteiger partial charge in [-0.1, -0.05) is 11.1 Å². The second-order valence-electron chi connectivity index (χ2n) is 1.34. The van der Waals surface area contributed by atoms with E-state index in [4.69, 9.17) is 10.00 Å². The summed E-state index contributed by atoms with van der Waals surface area (Å²) in [4.78, 5) is 18.1. The standard InChI is InChI=1S/C4H5O5P/c1-2-3(4(5)6)9-10(7)8/h2-3H,1H2,(H-,5,6,7,8)/p+1. The molecule has 0 aromatic rings. The zero-order valence-corrected chi connectivity index (χ0v) is 5.82. The van der Waals surface area contributed by atoms with Crippen LogP contribution in [-0.2, 0) is 13.9 Å². The van der Waals surface area contributed by atoms with Crippen LogP contribution in [0.15, 0.2) is 12.7 Å². The largest absolute Gasteiger partial charge is 0.695 e. The third kappa shape index (κ3) is 3.29. The van der Waals surface area contributed by atoms with Gasteiger partial charge in [-0.2, -0.15) is 0 Å². The minimum atomic E-state index is -2.88. The van der Waals surface area contributed by atoms with E-state index in [9.17, 15) is 9.36 Å². The Morgan fingerprint density at radius 3 is 2.40 bits per heavy atom. The lowest BCUT2D eigenvalue weighted by Crippen LogP contribution is -2.17. The molecule has 0 saturated carbocycles. The van der Waals surface area contributed by atoms with Crippen LogP contribution in [0, 0.1) is 0 Å². The fourth-order valence-corrected chi connectivity index (χ4v) is 0.657. The molecule has 0 saturated heterocycles. The monoisotopic (exact) mass is 165 g/mol. The maximum Gasteiger partial charge on any atom is 0.695 e. The first kappa shape index (κ1) is 9.23. The van der Waals surface area contributed by atoms with E-state index >= 15 is 0 Å². The fourth-order valence-electron chi connectivity index (χ4n) is 0.286. The predicted molar refractivity (Wildman–Crippen MR) is 32.5 cm³/mol. The molecule has 0 aromatic carbocycles. The highest BCUT2D eigenvalue weighted by Gasteiger charge is 2.26. The molecule has 0 radical (unpaired) electrons. The van der Waals surface area contributed by atoms with E-state index < -0.39 is 20.3 Å². The van der Waals surface area contributed by atoms with E-state index in [1.165, 1.54) is 0 Å². The molecule has 5 nitrogen and oxygen atoms in total. The van der Waals surface area contributed by atoms with Gasteiger partial charge in [-0.3, -0.25) is 0 Å². The second kappa shape index (κ2) is 4.11. The Labute approximate surface area is 57.9 Å². The van der Waals surface area contributed by atoms with E-state index in [1.807, 2.05) is 0 Å². The molecule has 0 rings (SSSR count). The summed E-state index contributed by atoms with van der Waals surface area (Å²) in [5.41, 5.74) is 0. The quantitative estimate of drug-likeness (QED) is 0.462. The van der Waals surface area contributed by atoms with Gasteiger partial charge in [-0.25, -0.2) is 4.79 Å². The number of carboxylic acid groups (broad SMARTS) is 1. The molecule has 2 unspecified atom stereocenters. The first-order chi connectivity index (χ1) is 4.57. The van der Waals surface area contributed by atoms with Crippen molar-refractivity contribution >= 4 is 14.2 Å². The molecule has 6 heteroatoms. The van der Waals surface area contributed by atoms with Crippen LogP contribution in [0.3, 0.4) is 0 Å². The van der Waals surface area contributed by atoms with Gasteiger partial charge in [-0.05, 0) is 6.08 Å². The highest BCUT2D eigenvalue weighted by atomic mass is 31.1. The average molecular weight is 165 g/mol. The van der Waals surface area contributed by atoms with E-state index in [0.717, 1.165) is 6.08 Å². The number of aliphatic carboxylic acids is 1. The van der Waals surface area contributed by atoms with E-state index in [1.54, 1.807) is 0 Å². The highest BCUT2D eigenvalue weighted by Crippen LogP contribution is 2.18. The smallest absolute Gasteiger partial charge is 0.479 e. The van der Waals surface area contributed by atoms with Crippen LogP contribution in [0.2, 0.25) is 0 Å². The van der Waals surface area contributed by atoms with Crippen molar-refractivity contribution in [3.63, 3.8) is 0 Å². The lowest BCUT2D eigenvalue weighted by Gasteiger charge is -1.94. The predicted octanol–water partition coefficient (Wildman–Crippen LogP) is 0.292. The SMILES string of the molecule is C=CC(O[P+](=O)O)C(=O)O. The van der Waals surface area contributed by atoms with Gasteiger partial charge in [-0.15, -0.1) is 4.89 Å². The summed E-state index contributed by atoms with van der Waals surface area (Å²) in [6, 6.07) is 0. The van der Waals surface area contributed by atoms with Crippen molar-refractivity contribution in [3.8, 4) is 0 Å². The maximum atomic E-state index is 10.0. The third-order valence-corrected chi connectivity index (χ3v) is 1.07. The fraction of sp³-hybridized carbons (Fsp3) is 0.250. The first-order valence-electron chi connectivity index (χ1n) is 2.26. The molecule has 0 aliphatic rings. The molecule has 0 aliphatic heterocycles. The van der Waals surface area contributed by atoms with Crippen molar-refractivity contribution in [1.29, 1.82) is 0 Å². The molecule has 0 fully saturated rings. The molecule has 10 heavy (non-hydrogen) atoms. The van der Waals surface area contributed by atoms with Gasteiger partial charge >= 0.3 is 14.2 Å². The Morgan fingerprint density at radius 1 is 1.80 bits per heavy atom. The summed E-state index contributed by atoms with van der Waals surface area (Å²) < 4.78 is 13.9. The lowest BCUT2D eigenvalue weighted by atomic mass is 10.4. The Balaban J connectivity index is 3.96. The van der Waals surface area contributed by atoms with Crippen molar-refractivity contribution in [2.24, 2.45) is 0 Å². The Hall–Kier alpha value is -0.770. The van der Waals surface area contributed by atoms with Crippen molar-refractivity contribution < 1.29 is 23.9 Å². The molecule has 0 bridgehead atoms. The van der Waals surface area contributed by atoms with Crippen LogP contribution in [0.1, 0.15) is 0 Å². The van der Waals surface area contributed by atoms with Gasteiger partial charge in [0.05, 0.1) is 0 Å². The van der Waals surface area contributed by atoms with Crippen molar-refractivity contribution in [2.75, 3.05) is 0 Å². The highest BCUT2D eigenvalue weighted by molar-refractivity contribution is 7.32. The minimum absolute atomic E-state index is 0.922. The lowest BCUT2D eigenvalue weighted by molar-refractivity contribution is -0.142. The summed E-state index contributed by atoms with van der Waals surface area (Å²) in [5, 5.41) is 8.19. The molecule has 0 aliphatic carbocycles. The van der Waals surface area contributed by atoms with Crippen molar-refractivity contribution in [3.05, 3.63) is 12.7 Å². The van der Waals surface area contributed by atoms with Crippen molar-refractivity contribution in [2.45, 2.75) is 6.10 Å². The Morgan fingerprint density at radius 2 is 2.30 bits per heavy atom. The molecular formula is C4H6O5P+. The van der Waals surface area contributed by atoms with E-state index in [-0.39, 0.29) is 0 Å². The van der Waals surface area contributed by atoms with Crippen LogP contribution < -0.4 is 0 Å². The molecule has 0 amide bonds. The van der Waals surface area contributed by atoms with Crippen LogP contribution >= 0.6 is 8.25 Å². The summed E-state index contributed by atoms with van der Waals surface area (Å²) in [6.07, 6.45) is -0.486. The number of hydrogen-bond donors (Lipinski definition) is 2.